The molecule has 0 aliphatic rings. The quantitative estimate of drug-likeness (QED) is 0.342. The molecule has 92 valence electrons. The highest BCUT2D eigenvalue weighted by atomic mass is 35.5. The van der Waals surface area contributed by atoms with Crippen LogP contribution in [0.15, 0.2) is 42.5 Å². The van der Waals surface area contributed by atoms with Gasteiger partial charge >= 0.3 is 0 Å². The van der Waals surface area contributed by atoms with E-state index in [1.165, 1.54) is 6.21 Å². The molecule has 0 N–H and O–H groups in total. The van der Waals surface area contributed by atoms with Gasteiger partial charge in [0.2, 0.25) is 5.69 Å². The number of rotatable bonds is 2. The zero-order chi connectivity index (χ0) is 13.1. The number of benzene rings is 2. The molecule has 4 heteroatoms. The molecule has 0 aliphatic carbocycles. The van der Waals surface area contributed by atoms with E-state index in [4.69, 9.17) is 23.2 Å². The second-order valence-corrected chi connectivity index (χ2v) is 4.75. The summed E-state index contributed by atoms with van der Waals surface area (Å²) in [6.45, 7) is 1.90. The van der Waals surface area contributed by atoms with E-state index < -0.39 is 0 Å². The predicted octanol–water partition coefficient (Wildman–Crippen LogP) is 4.56. The molecule has 2 nitrogen and oxygen atoms in total. The monoisotopic (exact) mass is 279 g/mol. The Labute approximate surface area is 116 Å². The maximum absolute atomic E-state index is 12.0. The third kappa shape index (κ3) is 2.84. The molecule has 0 amide bonds. The van der Waals surface area contributed by atoms with Crippen LogP contribution in [0.3, 0.4) is 0 Å². The molecule has 0 saturated heterocycles. The maximum Gasteiger partial charge on any atom is 0.235 e. The molecular weight excluding hydrogens is 269 g/mol. The van der Waals surface area contributed by atoms with Crippen molar-refractivity contribution in [2.24, 2.45) is 0 Å². The predicted molar refractivity (Wildman–Crippen MR) is 76.1 cm³/mol. The maximum atomic E-state index is 12.0. The van der Waals surface area contributed by atoms with Gasteiger partial charge in [0.15, 0.2) is 6.21 Å². The minimum absolute atomic E-state index is 0.425. The van der Waals surface area contributed by atoms with Crippen molar-refractivity contribution in [2.45, 2.75) is 6.92 Å². The number of hydrogen-bond acceptors (Lipinski definition) is 1. The van der Waals surface area contributed by atoms with E-state index in [9.17, 15) is 5.21 Å². The van der Waals surface area contributed by atoms with E-state index in [2.05, 4.69) is 0 Å². The van der Waals surface area contributed by atoms with Gasteiger partial charge in [-0.15, -0.1) is 0 Å². The van der Waals surface area contributed by atoms with Crippen LogP contribution in [0.25, 0.3) is 0 Å². The van der Waals surface area contributed by atoms with E-state index in [1.54, 1.807) is 36.4 Å². The molecule has 0 fully saturated rings. The summed E-state index contributed by atoms with van der Waals surface area (Å²) in [5.74, 6) is 0. The fourth-order valence-electron chi connectivity index (χ4n) is 1.61. The van der Waals surface area contributed by atoms with Crippen molar-refractivity contribution in [1.29, 1.82) is 0 Å². The molecule has 0 aliphatic heterocycles. The lowest BCUT2D eigenvalue weighted by Gasteiger charge is -2.05. The van der Waals surface area contributed by atoms with Crippen molar-refractivity contribution < 1.29 is 4.74 Å². The average Bonchev–Trinajstić information content (AvgIpc) is 2.33. The van der Waals surface area contributed by atoms with Crippen molar-refractivity contribution in [3.05, 3.63) is 68.8 Å². The van der Waals surface area contributed by atoms with E-state index >= 15 is 0 Å². The standard InChI is InChI=1S/C14H11Cl2NO/c1-10-8-12(15)7-6-11(10)9-17(18)14-5-3-2-4-13(14)16/h2-9H,1H3. The van der Waals surface area contributed by atoms with Gasteiger partial charge in [0, 0.05) is 16.7 Å². The summed E-state index contributed by atoms with van der Waals surface area (Å²) >= 11 is 11.8. The van der Waals surface area contributed by atoms with Crippen molar-refractivity contribution in [2.75, 3.05) is 0 Å². The van der Waals surface area contributed by atoms with Crippen molar-refractivity contribution in [1.82, 2.24) is 0 Å². The summed E-state index contributed by atoms with van der Waals surface area (Å²) in [5, 5.41) is 13.1. The number of aryl methyl sites for hydroxylation is 1. The highest BCUT2D eigenvalue weighted by Crippen LogP contribution is 2.23. The number of halogens is 2. The second-order valence-electron chi connectivity index (χ2n) is 3.91. The molecule has 0 spiro atoms. The van der Waals surface area contributed by atoms with Gasteiger partial charge in [-0.1, -0.05) is 35.3 Å². The Balaban J connectivity index is 2.42. The van der Waals surface area contributed by atoms with Gasteiger partial charge in [-0.3, -0.25) is 0 Å². The molecule has 0 unspecified atom stereocenters. The van der Waals surface area contributed by atoms with Crippen molar-refractivity contribution in [3.63, 3.8) is 0 Å². The molecular formula is C14H11Cl2NO. The van der Waals surface area contributed by atoms with Gasteiger partial charge in [-0.2, -0.15) is 4.74 Å². The first-order valence-electron chi connectivity index (χ1n) is 5.40. The van der Waals surface area contributed by atoms with E-state index in [0.29, 0.717) is 15.7 Å². The molecule has 0 heterocycles. The van der Waals surface area contributed by atoms with Gasteiger partial charge in [-0.05, 0) is 36.8 Å². The Kier molecular flexibility index (Phi) is 3.90. The van der Waals surface area contributed by atoms with Crippen molar-refractivity contribution in [3.8, 4) is 0 Å². The zero-order valence-electron chi connectivity index (χ0n) is 9.73. The highest BCUT2D eigenvalue weighted by molar-refractivity contribution is 6.32. The molecule has 0 radical (unpaired) electrons. The summed E-state index contributed by atoms with van der Waals surface area (Å²) in [4.78, 5) is 0. The first-order chi connectivity index (χ1) is 8.58. The molecule has 0 saturated carbocycles. The Morgan fingerprint density at radius 3 is 2.50 bits per heavy atom. The molecule has 2 rings (SSSR count). The summed E-state index contributed by atoms with van der Waals surface area (Å²) in [6, 6.07) is 12.3. The third-order valence-corrected chi connectivity index (χ3v) is 3.13. The molecule has 0 aromatic heterocycles. The lowest BCUT2D eigenvalue weighted by Crippen LogP contribution is -2.00. The smallest absolute Gasteiger partial charge is 0.235 e. The Morgan fingerprint density at radius 2 is 1.83 bits per heavy atom. The van der Waals surface area contributed by atoms with Crippen LogP contribution >= 0.6 is 23.2 Å². The average molecular weight is 280 g/mol. The minimum Gasteiger partial charge on any atom is -0.618 e. The van der Waals surface area contributed by atoms with Gasteiger partial charge in [0.05, 0.1) is 0 Å². The third-order valence-electron chi connectivity index (χ3n) is 2.58. The summed E-state index contributed by atoms with van der Waals surface area (Å²) in [7, 11) is 0. The van der Waals surface area contributed by atoms with Crippen molar-refractivity contribution >= 4 is 35.1 Å². The Hall–Kier alpha value is -1.51. The van der Waals surface area contributed by atoms with E-state index in [-0.39, 0.29) is 0 Å². The summed E-state index contributed by atoms with van der Waals surface area (Å²) < 4.78 is 0.762. The largest absolute Gasteiger partial charge is 0.618 e. The number of hydrogen-bond donors (Lipinski definition) is 0. The molecule has 0 bridgehead atoms. The number of nitrogens with zero attached hydrogens (tertiary/aromatic N) is 1. The lowest BCUT2D eigenvalue weighted by atomic mass is 10.1. The van der Waals surface area contributed by atoms with Crippen LogP contribution < -0.4 is 0 Å². The van der Waals surface area contributed by atoms with Gasteiger partial charge in [0.25, 0.3) is 0 Å². The molecule has 2 aromatic carbocycles. The molecule has 2 aromatic rings. The van der Waals surface area contributed by atoms with Gasteiger partial charge in [0.1, 0.15) is 5.02 Å². The normalized spacial score (nSPS) is 11.6. The van der Waals surface area contributed by atoms with Crippen LogP contribution in [-0.2, 0) is 0 Å². The Bertz CT molecular complexity index is 608. The van der Waals surface area contributed by atoms with Crippen LogP contribution in [0.2, 0.25) is 10.0 Å². The summed E-state index contributed by atoms with van der Waals surface area (Å²) in [6.07, 6.45) is 1.49. The topological polar surface area (TPSA) is 26.1 Å². The molecule has 0 atom stereocenters. The highest BCUT2D eigenvalue weighted by Gasteiger charge is 2.08. The van der Waals surface area contributed by atoms with Crippen LogP contribution in [0.4, 0.5) is 5.69 Å². The number of para-hydroxylation sites is 1. The fourth-order valence-corrected chi connectivity index (χ4v) is 2.06. The van der Waals surface area contributed by atoms with Crippen LogP contribution in [0.5, 0.6) is 0 Å². The minimum atomic E-state index is 0.425. The molecule has 18 heavy (non-hydrogen) atoms. The van der Waals surface area contributed by atoms with E-state index in [1.807, 2.05) is 13.0 Å². The van der Waals surface area contributed by atoms with E-state index in [0.717, 1.165) is 15.9 Å². The van der Waals surface area contributed by atoms with Crippen LogP contribution in [0, 0.1) is 12.1 Å². The van der Waals surface area contributed by atoms with Gasteiger partial charge < -0.3 is 5.21 Å². The SMILES string of the molecule is Cc1cc(Cl)ccc1C=[N+]([O-])c1ccccc1Cl. The first-order valence-corrected chi connectivity index (χ1v) is 6.15. The van der Waals surface area contributed by atoms with Crippen LogP contribution in [-0.4, -0.2) is 11.0 Å². The lowest BCUT2D eigenvalue weighted by molar-refractivity contribution is -0.354. The Morgan fingerprint density at radius 1 is 1.11 bits per heavy atom. The second kappa shape index (κ2) is 5.42. The van der Waals surface area contributed by atoms with Crippen LogP contribution in [0.1, 0.15) is 11.1 Å². The van der Waals surface area contributed by atoms with Gasteiger partial charge in [-0.25, -0.2) is 0 Å². The zero-order valence-corrected chi connectivity index (χ0v) is 11.2. The summed E-state index contributed by atoms with van der Waals surface area (Å²) in [5.41, 5.74) is 2.18. The fraction of sp³-hybridized carbons (Fsp3) is 0.0714. The first kappa shape index (κ1) is 12.9.